The Morgan fingerprint density at radius 1 is 1.15 bits per heavy atom. The summed E-state index contributed by atoms with van der Waals surface area (Å²) in [6.45, 7) is 3.99. The molecule has 7 heteroatoms. The number of hydrogen-bond acceptors (Lipinski definition) is 1. The highest BCUT2D eigenvalue weighted by Gasteiger charge is 2.33. The maximum atomic E-state index is 14.3. The molecule has 26 heavy (non-hydrogen) atoms. The Morgan fingerprint density at radius 3 is 2.65 bits per heavy atom. The number of benzene rings is 2. The van der Waals surface area contributed by atoms with Gasteiger partial charge in [-0.2, -0.15) is 13.2 Å². The van der Waals surface area contributed by atoms with E-state index >= 15 is 0 Å². The zero-order valence-electron chi connectivity index (χ0n) is 13.8. The van der Waals surface area contributed by atoms with Gasteiger partial charge in [0.25, 0.3) is 0 Å². The molecule has 1 N–H and O–H groups in total. The highest BCUT2D eigenvalue weighted by Crippen LogP contribution is 2.40. The van der Waals surface area contributed by atoms with Crippen molar-refractivity contribution in [2.45, 2.75) is 26.2 Å². The van der Waals surface area contributed by atoms with E-state index in [-0.39, 0.29) is 5.02 Å². The van der Waals surface area contributed by atoms with Gasteiger partial charge in [0.05, 0.1) is 16.1 Å². The first-order valence-corrected chi connectivity index (χ1v) is 8.54. The number of hydrogen-bond donors (Lipinski definition) is 1. The lowest BCUT2D eigenvalue weighted by Gasteiger charge is -2.19. The third-order valence-electron chi connectivity index (χ3n) is 4.89. The van der Waals surface area contributed by atoms with Gasteiger partial charge >= 0.3 is 6.18 Å². The summed E-state index contributed by atoms with van der Waals surface area (Å²) in [5, 5.41) is 3.63. The first kappa shape index (κ1) is 17.4. The number of nitrogens with zero attached hydrogens (tertiary/aromatic N) is 1. The van der Waals surface area contributed by atoms with E-state index in [1.54, 1.807) is 0 Å². The molecular formula is C19H15ClF4N2. The molecule has 1 aliphatic rings. The van der Waals surface area contributed by atoms with Crippen LogP contribution < -0.4 is 5.32 Å². The van der Waals surface area contributed by atoms with Crippen LogP contribution in [0.5, 0.6) is 0 Å². The van der Waals surface area contributed by atoms with Crippen molar-refractivity contribution in [3.05, 3.63) is 58.0 Å². The van der Waals surface area contributed by atoms with Crippen molar-refractivity contribution in [2.24, 2.45) is 0 Å². The maximum Gasteiger partial charge on any atom is 0.417 e. The van der Waals surface area contributed by atoms with E-state index in [0.717, 1.165) is 34.8 Å². The summed E-state index contributed by atoms with van der Waals surface area (Å²) >= 11 is 5.73. The molecule has 0 atom stereocenters. The minimum absolute atomic E-state index is 0.296. The van der Waals surface area contributed by atoms with E-state index in [0.29, 0.717) is 24.2 Å². The zero-order chi connectivity index (χ0) is 18.6. The molecule has 0 radical (unpaired) electrons. The SMILES string of the molecule is Cc1c2n(c3c(-c4ccc(Cl)c(C(F)(F)F)c4)cc(F)cc13)CCNC2. The van der Waals surface area contributed by atoms with Gasteiger partial charge in [-0.05, 0) is 42.3 Å². The predicted octanol–water partition coefficient (Wildman–Crippen LogP) is 5.53. The van der Waals surface area contributed by atoms with E-state index in [1.165, 1.54) is 24.3 Å². The molecule has 0 spiro atoms. The monoisotopic (exact) mass is 382 g/mol. The number of alkyl halides is 3. The van der Waals surface area contributed by atoms with E-state index in [2.05, 4.69) is 9.88 Å². The molecule has 3 aromatic rings. The average molecular weight is 383 g/mol. The fourth-order valence-corrected chi connectivity index (χ4v) is 3.90. The summed E-state index contributed by atoms with van der Waals surface area (Å²) in [6, 6.07) is 6.44. The van der Waals surface area contributed by atoms with Crippen LogP contribution in [-0.2, 0) is 19.3 Å². The third kappa shape index (κ3) is 2.68. The minimum Gasteiger partial charge on any atom is -0.341 e. The summed E-state index contributed by atoms with van der Waals surface area (Å²) in [4.78, 5) is 0. The molecular weight excluding hydrogens is 368 g/mol. The lowest BCUT2D eigenvalue weighted by molar-refractivity contribution is -0.137. The van der Waals surface area contributed by atoms with Crippen molar-refractivity contribution in [2.75, 3.05) is 6.54 Å². The van der Waals surface area contributed by atoms with Crippen molar-refractivity contribution in [3.63, 3.8) is 0 Å². The minimum atomic E-state index is -4.57. The van der Waals surface area contributed by atoms with Gasteiger partial charge in [0.15, 0.2) is 0 Å². The summed E-state index contributed by atoms with van der Waals surface area (Å²) in [5.41, 5.74) is 2.55. The normalized spacial score (nSPS) is 14.7. The first-order valence-electron chi connectivity index (χ1n) is 8.16. The van der Waals surface area contributed by atoms with Gasteiger partial charge in [0, 0.05) is 36.3 Å². The van der Waals surface area contributed by atoms with Crippen LogP contribution in [0.3, 0.4) is 0 Å². The van der Waals surface area contributed by atoms with Crippen molar-refractivity contribution >= 4 is 22.5 Å². The lowest BCUT2D eigenvalue weighted by Crippen LogP contribution is -2.28. The van der Waals surface area contributed by atoms with E-state index in [1.807, 2.05) is 6.92 Å². The number of nitrogens with one attached hydrogen (secondary N) is 1. The maximum absolute atomic E-state index is 14.3. The summed E-state index contributed by atoms with van der Waals surface area (Å²) in [6.07, 6.45) is -4.57. The van der Waals surface area contributed by atoms with Crippen LogP contribution in [0.25, 0.3) is 22.0 Å². The number of halogens is 5. The number of aromatic nitrogens is 1. The van der Waals surface area contributed by atoms with Gasteiger partial charge in [-0.25, -0.2) is 4.39 Å². The quantitative estimate of drug-likeness (QED) is 0.547. The van der Waals surface area contributed by atoms with E-state index < -0.39 is 17.6 Å². The number of aryl methyl sites for hydroxylation is 1. The second-order valence-corrected chi connectivity index (χ2v) is 6.85. The second-order valence-electron chi connectivity index (χ2n) is 6.44. The van der Waals surface area contributed by atoms with Gasteiger partial charge in [-0.15, -0.1) is 0 Å². The van der Waals surface area contributed by atoms with E-state index in [9.17, 15) is 17.6 Å². The Kier molecular flexibility index (Phi) is 4.00. The van der Waals surface area contributed by atoms with Crippen LogP contribution in [-0.4, -0.2) is 11.1 Å². The average Bonchev–Trinajstić information content (AvgIpc) is 2.87. The molecule has 1 aliphatic heterocycles. The Labute approximate surface area is 152 Å². The molecule has 0 fully saturated rings. The van der Waals surface area contributed by atoms with Crippen LogP contribution in [0, 0.1) is 12.7 Å². The summed E-state index contributed by atoms with van der Waals surface area (Å²) < 4.78 is 56.1. The van der Waals surface area contributed by atoms with Crippen LogP contribution in [0.1, 0.15) is 16.8 Å². The molecule has 4 rings (SSSR count). The second kappa shape index (κ2) is 5.99. The van der Waals surface area contributed by atoms with Gasteiger partial charge in [-0.1, -0.05) is 17.7 Å². The lowest BCUT2D eigenvalue weighted by atomic mass is 9.99. The fourth-order valence-electron chi connectivity index (χ4n) is 3.67. The molecule has 0 bridgehead atoms. The Hall–Kier alpha value is -2.05. The van der Waals surface area contributed by atoms with E-state index in [4.69, 9.17) is 11.6 Å². The topological polar surface area (TPSA) is 17.0 Å². The molecule has 2 aromatic carbocycles. The van der Waals surface area contributed by atoms with Crippen LogP contribution >= 0.6 is 11.6 Å². The third-order valence-corrected chi connectivity index (χ3v) is 5.22. The Morgan fingerprint density at radius 2 is 1.92 bits per heavy atom. The Bertz CT molecular complexity index is 1020. The van der Waals surface area contributed by atoms with Crippen molar-refractivity contribution in [3.8, 4) is 11.1 Å². The molecule has 0 unspecified atom stereocenters. The molecule has 2 nitrogen and oxygen atoms in total. The summed E-state index contributed by atoms with van der Waals surface area (Å²) in [5.74, 6) is -0.477. The molecule has 0 saturated carbocycles. The Balaban J connectivity index is 2.04. The van der Waals surface area contributed by atoms with Gasteiger partial charge in [0.2, 0.25) is 0 Å². The standard InChI is InChI=1S/C19H15ClF4N2/c1-10-13-7-12(21)8-14(18(13)26-5-4-25-9-17(10)26)11-2-3-16(20)15(6-11)19(22,23)24/h2-3,6-8,25H,4-5,9H2,1H3. The molecule has 136 valence electrons. The number of rotatable bonds is 1. The highest BCUT2D eigenvalue weighted by molar-refractivity contribution is 6.31. The predicted molar refractivity (Wildman–Crippen MR) is 93.8 cm³/mol. The first-order chi connectivity index (χ1) is 12.3. The highest BCUT2D eigenvalue weighted by atomic mass is 35.5. The van der Waals surface area contributed by atoms with Crippen LogP contribution in [0.4, 0.5) is 17.6 Å². The molecule has 0 saturated heterocycles. The molecule has 2 heterocycles. The van der Waals surface area contributed by atoms with Gasteiger partial charge in [-0.3, -0.25) is 0 Å². The van der Waals surface area contributed by atoms with Crippen LogP contribution in [0.2, 0.25) is 5.02 Å². The largest absolute Gasteiger partial charge is 0.417 e. The smallest absolute Gasteiger partial charge is 0.341 e. The molecule has 1 aromatic heterocycles. The zero-order valence-corrected chi connectivity index (χ0v) is 14.6. The van der Waals surface area contributed by atoms with Crippen molar-refractivity contribution in [1.29, 1.82) is 0 Å². The van der Waals surface area contributed by atoms with Crippen molar-refractivity contribution in [1.82, 2.24) is 9.88 Å². The fraction of sp³-hybridized carbons (Fsp3) is 0.263. The number of fused-ring (bicyclic) bond motifs is 3. The summed E-state index contributed by atoms with van der Waals surface area (Å²) in [7, 11) is 0. The van der Waals surface area contributed by atoms with Crippen LogP contribution in [0.15, 0.2) is 30.3 Å². The van der Waals surface area contributed by atoms with Gasteiger partial charge in [0.1, 0.15) is 5.82 Å². The molecule has 0 amide bonds. The molecule has 0 aliphatic carbocycles. The van der Waals surface area contributed by atoms with Gasteiger partial charge < -0.3 is 9.88 Å². The van der Waals surface area contributed by atoms with Crippen molar-refractivity contribution < 1.29 is 17.6 Å².